The summed E-state index contributed by atoms with van der Waals surface area (Å²) in [7, 11) is 1.80. The summed E-state index contributed by atoms with van der Waals surface area (Å²) in [6.45, 7) is 2.11. The molecule has 0 spiro atoms. The van der Waals surface area contributed by atoms with Gasteiger partial charge in [0.15, 0.2) is 0 Å². The molecule has 0 aliphatic carbocycles. The monoisotopic (exact) mass is 288 g/mol. The summed E-state index contributed by atoms with van der Waals surface area (Å²) < 4.78 is 1.66. The third-order valence-corrected chi connectivity index (χ3v) is 2.93. The fourth-order valence-electron chi connectivity index (χ4n) is 1.85. The highest BCUT2D eigenvalue weighted by Gasteiger charge is 2.08. The van der Waals surface area contributed by atoms with Crippen LogP contribution in [0, 0.1) is 6.92 Å². The highest BCUT2D eigenvalue weighted by atomic mass is 16.4. The molecule has 0 radical (unpaired) electrons. The van der Waals surface area contributed by atoms with Crippen molar-refractivity contribution >= 4 is 17.7 Å². The number of aromatic nitrogens is 2. The molecule has 0 saturated carbocycles. The molecule has 1 aromatic carbocycles. The van der Waals surface area contributed by atoms with E-state index in [2.05, 4.69) is 15.7 Å². The number of carbonyl (C=O) groups excluding carboxylic acids is 1. The zero-order valence-electron chi connectivity index (χ0n) is 11.8. The van der Waals surface area contributed by atoms with Crippen molar-refractivity contribution in [3.8, 4) is 0 Å². The molecule has 1 heterocycles. The maximum absolute atomic E-state index is 11.8. The summed E-state index contributed by atoms with van der Waals surface area (Å²) in [6.07, 6.45) is 3.49. The van der Waals surface area contributed by atoms with Crippen LogP contribution < -0.4 is 10.6 Å². The quantitative estimate of drug-likeness (QED) is 0.798. The van der Waals surface area contributed by atoms with Gasteiger partial charge in [-0.15, -0.1) is 0 Å². The zero-order valence-corrected chi connectivity index (χ0v) is 11.8. The van der Waals surface area contributed by atoms with Gasteiger partial charge in [0.1, 0.15) is 0 Å². The van der Waals surface area contributed by atoms with E-state index >= 15 is 0 Å². The van der Waals surface area contributed by atoms with E-state index in [0.717, 1.165) is 5.56 Å². The van der Waals surface area contributed by atoms with Gasteiger partial charge in [-0.1, -0.05) is 0 Å². The Morgan fingerprint density at radius 1 is 1.38 bits per heavy atom. The van der Waals surface area contributed by atoms with E-state index in [-0.39, 0.29) is 11.6 Å². The molecule has 2 amide bonds. The molecule has 7 heteroatoms. The van der Waals surface area contributed by atoms with Gasteiger partial charge in [0, 0.05) is 31.0 Å². The van der Waals surface area contributed by atoms with Crippen LogP contribution >= 0.6 is 0 Å². The molecule has 21 heavy (non-hydrogen) atoms. The van der Waals surface area contributed by atoms with Crippen molar-refractivity contribution < 1.29 is 14.7 Å². The lowest BCUT2D eigenvalue weighted by Gasteiger charge is -2.10. The Labute approximate surface area is 121 Å². The van der Waals surface area contributed by atoms with Gasteiger partial charge in [-0.05, 0) is 30.7 Å². The Balaban J connectivity index is 1.94. The van der Waals surface area contributed by atoms with E-state index < -0.39 is 5.97 Å². The van der Waals surface area contributed by atoms with Crippen molar-refractivity contribution in [3.63, 3.8) is 0 Å². The minimum atomic E-state index is -0.995. The molecular formula is C14H16N4O3. The number of anilines is 1. The topological polar surface area (TPSA) is 96.2 Å². The highest BCUT2D eigenvalue weighted by Crippen LogP contribution is 2.16. The molecule has 2 rings (SSSR count). The van der Waals surface area contributed by atoms with E-state index in [9.17, 15) is 9.59 Å². The maximum Gasteiger partial charge on any atom is 0.335 e. The standard InChI is InChI=1S/C14H16N4O3/c1-9-5-11(13(19)20)3-4-12(9)17-14(21)15-6-10-7-16-18(2)8-10/h3-5,7-8H,6H2,1-2H3,(H,19,20)(H2,15,17,21). The number of benzene rings is 1. The van der Waals surface area contributed by atoms with Gasteiger partial charge in [0.2, 0.25) is 0 Å². The molecule has 110 valence electrons. The van der Waals surface area contributed by atoms with Crippen molar-refractivity contribution in [1.29, 1.82) is 0 Å². The average Bonchev–Trinajstić information content (AvgIpc) is 2.84. The van der Waals surface area contributed by atoms with Gasteiger partial charge in [-0.25, -0.2) is 9.59 Å². The van der Waals surface area contributed by atoms with Crippen LogP contribution in [0.1, 0.15) is 21.5 Å². The third kappa shape index (κ3) is 3.82. The van der Waals surface area contributed by atoms with Crippen LogP contribution in [-0.2, 0) is 13.6 Å². The highest BCUT2D eigenvalue weighted by molar-refractivity contribution is 5.92. The number of aryl methyl sites for hydroxylation is 2. The van der Waals surface area contributed by atoms with Gasteiger partial charge >= 0.3 is 12.0 Å². The Hall–Kier alpha value is -2.83. The third-order valence-electron chi connectivity index (χ3n) is 2.93. The lowest BCUT2D eigenvalue weighted by atomic mass is 10.1. The van der Waals surface area contributed by atoms with Crippen LogP contribution in [-0.4, -0.2) is 26.9 Å². The minimum Gasteiger partial charge on any atom is -0.478 e. The number of hydrogen-bond donors (Lipinski definition) is 3. The van der Waals surface area contributed by atoms with E-state index in [1.165, 1.54) is 12.1 Å². The molecule has 0 unspecified atom stereocenters. The molecule has 7 nitrogen and oxygen atoms in total. The van der Waals surface area contributed by atoms with Crippen LogP contribution in [0.4, 0.5) is 10.5 Å². The number of amides is 2. The number of rotatable bonds is 4. The molecule has 0 saturated heterocycles. The van der Waals surface area contributed by atoms with Crippen molar-refractivity contribution in [2.75, 3.05) is 5.32 Å². The number of carbonyl (C=O) groups is 2. The van der Waals surface area contributed by atoms with Gasteiger partial charge in [0.25, 0.3) is 0 Å². The number of nitrogens with one attached hydrogen (secondary N) is 2. The molecule has 0 atom stereocenters. The molecular weight excluding hydrogens is 272 g/mol. The summed E-state index contributed by atoms with van der Waals surface area (Å²) in [4.78, 5) is 22.6. The Morgan fingerprint density at radius 3 is 2.71 bits per heavy atom. The summed E-state index contributed by atoms with van der Waals surface area (Å²) in [6, 6.07) is 4.18. The number of urea groups is 1. The Kier molecular flexibility index (Phi) is 4.22. The fourth-order valence-corrected chi connectivity index (χ4v) is 1.85. The number of aromatic carboxylic acids is 1. The predicted molar refractivity (Wildman–Crippen MR) is 77.2 cm³/mol. The van der Waals surface area contributed by atoms with E-state index in [4.69, 9.17) is 5.11 Å². The van der Waals surface area contributed by atoms with Crippen molar-refractivity contribution in [3.05, 3.63) is 47.3 Å². The fraction of sp³-hybridized carbons (Fsp3) is 0.214. The molecule has 0 fully saturated rings. The van der Waals surface area contributed by atoms with Crippen LogP contribution in [0.15, 0.2) is 30.6 Å². The largest absolute Gasteiger partial charge is 0.478 e. The smallest absolute Gasteiger partial charge is 0.335 e. The van der Waals surface area contributed by atoms with Crippen LogP contribution in [0.5, 0.6) is 0 Å². The van der Waals surface area contributed by atoms with Crippen LogP contribution in [0.3, 0.4) is 0 Å². The Bertz CT molecular complexity index is 679. The lowest BCUT2D eigenvalue weighted by molar-refractivity contribution is 0.0697. The summed E-state index contributed by atoms with van der Waals surface area (Å²) in [5.74, 6) is -0.995. The molecule has 0 aliphatic rings. The maximum atomic E-state index is 11.8. The molecule has 2 aromatic rings. The normalized spacial score (nSPS) is 10.2. The first kappa shape index (κ1) is 14.6. The van der Waals surface area contributed by atoms with Crippen molar-refractivity contribution in [1.82, 2.24) is 15.1 Å². The van der Waals surface area contributed by atoms with Crippen molar-refractivity contribution in [2.24, 2.45) is 7.05 Å². The van der Waals surface area contributed by atoms with E-state index in [1.807, 2.05) is 6.20 Å². The van der Waals surface area contributed by atoms with E-state index in [1.54, 1.807) is 30.9 Å². The lowest BCUT2D eigenvalue weighted by Crippen LogP contribution is -2.28. The number of carboxylic acid groups (broad SMARTS) is 1. The predicted octanol–water partition coefficient (Wildman–Crippen LogP) is 1.75. The second-order valence-corrected chi connectivity index (χ2v) is 4.66. The molecule has 3 N–H and O–H groups in total. The minimum absolute atomic E-state index is 0.189. The first-order valence-corrected chi connectivity index (χ1v) is 6.32. The van der Waals surface area contributed by atoms with Crippen molar-refractivity contribution in [2.45, 2.75) is 13.5 Å². The van der Waals surface area contributed by atoms with Gasteiger partial charge in [-0.2, -0.15) is 5.10 Å². The molecule has 1 aromatic heterocycles. The van der Waals surface area contributed by atoms with E-state index in [0.29, 0.717) is 17.8 Å². The SMILES string of the molecule is Cc1cc(C(=O)O)ccc1NC(=O)NCc1cnn(C)c1. The number of nitrogens with zero attached hydrogens (tertiary/aromatic N) is 2. The van der Waals surface area contributed by atoms with Crippen LogP contribution in [0.2, 0.25) is 0 Å². The first-order valence-electron chi connectivity index (χ1n) is 6.32. The summed E-state index contributed by atoms with van der Waals surface area (Å²) in [5, 5.41) is 18.3. The first-order chi connectivity index (χ1) is 9.95. The van der Waals surface area contributed by atoms with Crippen LogP contribution in [0.25, 0.3) is 0 Å². The van der Waals surface area contributed by atoms with Gasteiger partial charge in [0.05, 0.1) is 11.8 Å². The second kappa shape index (κ2) is 6.08. The average molecular weight is 288 g/mol. The number of hydrogen-bond acceptors (Lipinski definition) is 3. The second-order valence-electron chi connectivity index (χ2n) is 4.66. The summed E-state index contributed by atoms with van der Waals surface area (Å²) >= 11 is 0. The Morgan fingerprint density at radius 2 is 2.14 bits per heavy atom. The van der Waals surface area contributed by atoms with Gasteiger partial charge < -0.3 is 15.7 Å². The summed E-state index contributed by atoms with van der Waals surface area (Å²) in [5.41, 5.74) is 2.34. The molecule has 0 bridgehead atoms. The zero-order chi connectivity index (χ0) is 15.4. The molecule has 0 aliphatic heterocycles. The number of carboxylic acids is 1. The van der Waals surface area contributed by atoms with Gasteiger partial charge in [-0.3, -0.25) is 4.68 Å².